The molecule has 0 unspecified atom stereocenters. The Kier molecular flexibility index (Phi) is 4.23. The first-order valence-electron chi connectivity index (χ1n) is 3.94. The van der Waals surface area contributed by atoms with Gasteiger partial charge in [0.15, 0.2) is 0 Å². The van der Waals surface area contributed by atoms with Gasteiger partial charge in [0.05, 0.1) is 5.02 Å². The molecule has 0 saturated heterocycles. The van der Waals surface area contributed by atoms with Crippen LogP contribution in [0.5, 0.6) is 5.75 Å². The highest BCUT2D eigenvalue weighted by atomic mass is 35.5. The van der Waals surface area contributed by atoms with Gasteiger partial charge in [0.2, 0.25) is 0 Å². The molecule has 1 rings (SSSR count). The van der Waals surface area contributed by atoms with Gasteiger partial charge in [0.25, 0.3) is 0 Å². The monoisotopic (exact) mass is 234 g/mol. The molecule has 76 valence electrons. The SMILES string of the molecule is C=C(CCl)COc1ccc(F)c(Cl)c1. The predicted octanol–water partition coefficient (Wildman–Crippen LogP) is 3.65. The van der Waals surface area contributed by atoms with Crippen LogP contribution >= 0.6 is 23.2 Å². The molecular formula is C10H9Cl2FO. The van der Waals surface area contributed by atoms with Crippen molar-refractivity contribution in [1.29, 1.82) is 0 Å². The largest absolute Gasteiger partial charge is 0.489 e. The molecule has 0 aromatic heterocycles. The number of rotatable bonds is 4. The Morgan fingerprint density at radius 2 is 2.21 bits per heavy atom. The molecule has 0 N–H and O–H groups in total. The maximum atomic E-state index is 12.7. The molecule has 0 aliphatic rings. The highest BCUT2D eigenvalue weighted by molar-refractivity contribution is 6.30. The second-order valence-electron chi connectivity index (χ2n) is 2.75. The Bertz CT molecular complexity index is 339. The number of benzene rings is 1. The van der Waals surface area contributed by atoms with Crippen LogP contribution < -0.4 is 4.74 Å². The summed E-state index contributed by atoms with van der Waals surface area (Å²) in [6.07, 6.45) is 0. The number of alkyl halides is 1. The predicted molar refractivity (Wildman–Crippen MR) is 56.8 cm³/mol. The molecule has 14 heavy (non-hydrogen) atoms. The van der Waals surface area contributed by atoms with Crippen LogP contribution in [0.1, 0.15) is 0 Å². The van der Waals surface area contributed by atoms with E-state index < -0.39 is 5.82 Å². The number of halogens is 3. The van der Waals surface area contributed by atoms with Crippen molar-refractivity contribution in [3.63, 3.8) is 0 Å². The Labute approximate surface area is 92.1 Å². The molecule has 1 aromatic rings. The number of ether oxygens (including phenoxy) is 1. The second-order valence-corrected chi connectivity index (χ2v) is 3.42. The Morgan fingerprint density at radius 3 is 2.79 bits per heavy atom. The molecule has 0 radical (unpaired) electrons. The zero-order valence-electron chi connectivity index (χ0n) is 7.40. The minimum atomic E-state index is -0.463. The number of hydrogen-bond acceptors (Lipinski definition) is 1. The topological polar surface area (TPSA) is 9.23 Å². The van der Waals surface area contributed by atoms with Crippen molar-refractivity contribution >= 4 is 23.2 Å². The summed E-state index contributed by atoms with van der Waals surface area (Å²) < 4.78 is 18.0. The van der Waals surface area contributed by atoms with Gasteiger partial charge in [-0.3, -0.25) is 0 Å². The fourth-order valence-corrected chi connectivity index (χ4v) is 1.04. The molecule has 0 amide bonds. The molecule has 0 heterocycles. The molecule has 0 aliphatic carbocycles. The third-order valence-electron chi connectivity index (χ3n) is 1.52. The highest BCUT2D eigenvalue weighted by Gasteiger charge is 2.01. The van der Waals surface area contributed by atoms with Gasteiger partial charge in [0.1, 0.15) is 18.2 Å². The molecule has 4 heteroatoms. The van der Waals surface area contributed by atoms with E-state index in [1.54, 1.807) is 0 Å². The van der Waals surface area contributed by atoms with E-state index in [-0.39, 0.29) is 5.02 Å². The van der Waals surface area contributed by atoms with Crippen molar-refractivity contribution in [2.75, 3.05) is 12.5 Å². The van der Waals surface area contributed by atoms with Gasteiger partial charge in [-0.1, -0.05) is 18.2 Å². The zero-order valence-corrected chi connectivity index (χ0v) is 8.91. The number of hydrogen-bond donors (Lipinski definition) is 0. The molecule has 1 aromatic carbocycles. The summed E-state index contributed by atoms with van der Waals surface area (Å²) in [5.41, 5.74) is 0.757. The van der Waals surface area contributed by atoms with Gasteiger partial charge in [-0.15, -0.1) is 11.6 Å². The van der Waals surface area contributed by atoms with Gasteiger partial charge in [-0.25, -0.2) is 4.39 Å². The van der Waals surface area contributed by atoms with Crippen molar-refractivity contribution < 1.29 is 9.13 Å². The molecule has 0 aliphatic heterocycles. The lowest BCUT2D eigenvalue weighted by atomic mass is 10.3. The Balaban J connectivity index is 2.60. The van der Waals surface area contributed by atoms with E-state index in [4.69, 9.17) is 27.9 Å². The van der Waals surface area contributed by atoms with E-state index >= 15 is 0 Å². The first-order chi connectivity index (χ1) is 6.63. The minimum Gasteiger partial charge on any atom is -0.489 e. The van der Waals surface area contributed by atoms with Crippen molar-refractivity contribution in [3.8, 4) is 5.75 Å². The summed E-state index contributed by atoms with van der Waals surface area (Å²) in [5.74, 6) is 0.382. The van der Waals surface area contributed by atoms with E-state index in [2.05, 4.69) is 6.58 Å². The van der Waals surface area contributed by atoms with Gasteiger partial charge in [0, 0.05) is 11.9 Å². The average Bonchev–Trinajstić information content (AvgIpc) is 2.19. The van der Waals surface area contributed by atoms with E-state index in [1.165, 1.54) is 18.2 Å². The second kappa shape index (κ2) is 5.23. The minimum absolute atomic E-state index is 0.0407. The van der Waals surface area contributed by atoms with Crippen LogP contribution in [0.4, 0.5) is 4.39 Å². The molecular weight excluding hydrogens is 226 g/mol. The zero-order chi connectivity index (χ0) is 10.6. The average molecular weight is 235 g/mol. The lowest BCUT2D eigenvalue weighted by Gasteiger charge is -2.06. The summed E-state index contributed by atoms with van der Waals surface area (Å²) >= 11 is 11.1. The van der Waals surface area contributed by atoms with Gasteiger partial charge < -0.3 is 4.74 Å². The van der Waals surface area contributed by atoms with E-state index in [0.29, 0.717) is 18.2 Å². The van der Waals surface area contributed by atoms with Crippen LogP contribution in [0.3, 0.4) is 0 Å². The molecule has 0 bridgehead atoms. The van der Waals surface area contributed by atoms with Crippen LogP contribution in [0.15, 0.2) is 30.4 Å². The van der Waals surface area contributed by atoms with Crippen molar-refractivity contribution in [1.82, 2.24) is 0 Å². The first kappa shape index (κ1) is 11.3. The quantitative estimate of drug-likeness (QED) is 0.571. The summed E-state index contributed by atoms with van der Waals surface area (Å²) in [6, 6.07) is 4.17. The van der Waals surface area contributed by atoms with Crippen LogP contribution in [0.2, 0.25) is 5.02 Å². The van der Waals surface area contributed by atoms with Gasteiger partial charge in [-0.2, -0.15) is 0 Å². The smallest absolute Gasteiger partial charge is 0.142 e. The molecule has 0 spiro atoms. The van der Waals surface area contributed by atoms with Crippen LogP contribution in [0, 0.1) is 5.82 Å². The maximum Gasteiger partial charge on any atom is 0.142 e. The molecule has 1 nitrogen and oxygen atoms in total. The molecule has 0 fully saturated rings. The maximum absolute atomic E-state index is 12.7. The fraction of sp³-hybridized carbons (Fsp3) is 0.200. The van der Waals surface area contributed by atoms with Crippen molar-refractivity contribution in [3.05, 3.63) is 41.2 Å². The van der Waals surface area contributed by atoms with E-state index in [0.717, 1.165) is 5.57 Å². The van der Waals surface area contributed by atoms with Crippen molar-refractivity contribution in [2.24, 2.45) is 0 Å². The molecule has 0 saturated carbocycles. The lowest BCUT2D eigenvalue weighted by Crippen LogP contribution is -2.01. The van der Waals surface area contributed by atoms with Crippen LogP contribution in [-0.4, -0.2) is 12.5 Å². The summed E-state index contributed by atoms with van der Waals surface area (Å²) in [4.78, 5) is 0. The third-order valence-corrected chi connectivity index (χ3v) is 2.19. The van der Waals surface area contributed by atoms with Gasteiger partial charge >= 0.3 is 0 Å². The molecule has 0 atom stereocenters. The van der Waals surface area contributed by atoms with Crippen LogP contribution in [-0.2, 0) is 0 Å². The highest BCUT2D eigenvalue weighted by Crippen LogP contribution is 2.21. The lowest BCUT2D eigenvalue weighted by molar-refractivity contribution is 0.352. The van der Waals surface area contributed by atoms with Crippen molar-refractivity contribution in [2.45, 2.75) is 0 Å². The fourth-order valence-electron chi connectivity index (χ4n) is 0.791. The normalized spacial score (nSPS) is 9.93. The van der Waals surface area contributed by atoms with E-state index in [9.17, 15) is 4.39 Å². The summed E-state index contributed by atoms with van der Waals surface area (Å²) in [6.45, 7) is 3.98. The van der Waals surface area contributed by atoms with Gasteiger partial charge in [-0.05, 0) is 17.7 Å². The summed E-state index contributed by atoms with van der Waals surface area (Å²) in [7, 11) is 0. The standard InChI is InChI=1S/C10H9Cl2FO/c1-7(5-11)6-14-8-2-3-10(13)9(12)4-8/h2-4H,1,5-6H2. The Morgan fingerprint density at radius 1 is 1.50 bits per heavy atom. The van der Waals surface area contributed by atoms with Crippen LogP contribution in [0.25, 0.3) is 0 Å². The third kappa shape index (κ3) is 3.20. The Hall–Kier alpha value is -0.730. The van der Waals surface area contributed by atoms with E-state index in [1.807, 2.05) is 0 Å². The summed E-state index contributed by atoms with van der Waals surface area (Å²) in [5, 5.41) is 0.0407. The first-order valence-corrected chi connectivity index (χ1v) is 4.85.